The second kappa shape index (κ2) is 22.3. The lowest BCUT2D eigenvalue weighted by Crippen LogP contribution is -2.62. The Morgan fingerprint density at radius 3 is 1.36 bits per heavy atom. The van der Waals surface area contributed by atoms with Crippen LogP contribution in [0.4, 0.5) is 8.78 Å². The molecule has 10 atom stereocenters. The quantitative estimate of drug-likeness (QED) is 0.173. The number of halogens is 2. The van der Waals surface area contributed by atoms with E-state index in [4.69, 9.17) is 9.47 Å². The van der Waals surface area contributed by atoms with Crippen LogP contribution in [0.1, 0.15) is 163 Å². The number of methoxy groups -OCH3 is 2. The summed E-state index contributed by atoms with van der Waals surface area (Å²) < 4.78 is 43.6. The molecule has 0 spiro atoms. The summed E-state index contributed by atoms with van der Waals surface area (Å²) in [5, 5.41) is 7.46. The standard InChI is InChI=1S/C57H82F2N2O5/c1-37-43(21-11-23-51(37)58)45-31-49(41-19-13-27-60-35-41)56(25-29-65-3,33-47(45)53(62)39-15-7-5-8-16-39)55(64)57(26-30-66-4)34-48(54(63)40-17-9-6-10-18-40)46(44-22-12-24-52(59)38(44)2)32-50(57)42-20-14-28-61-36-42/h11-12,21-24,39-42,45-50,60-61H,5-10,13-20,25-36H2,1-4H3. The first-order valence-electron chi connectivity index (χ1n) is 26.6. The number of rotatable bonds is 16. The zero-order valence-corrected chi connectivity index (χ0v) is 40.9. The Bertz CT molecular complexity index is 1830. The van der Waals surface area contributed by atoms with Gasteiger partial charge in [0, 0.05) is 61.9 Å². The van der Waals surface area contributed by atoms with Gasteiger partial charge in [0.1, 0.15) is 29.0 Å². The Morgan fingerprint density at radius 1 is 0.591 bits per heavy atom. The third kappa shape index (κ3) is 9.95. The number of Topliss-reactive ketones (excluding diaryl/α,β-unsaturated/α-hetero) is 3. The number of carbonyl (C=O) groups excluding carboxylic acids is 3. The van der Waals surface area contributed by atoms with Crippen LogP contribution < -0.4 is 10.6 Å². The molecule has 6 fully saturated rings. The third-order valence-electron chi connectivity index (χ3n) is 19.0. The van der Waals surface area contributed by atoms with Gasteiger partial charge in [-0.05, 0) is 200 Å². The maximum absolute atomic E-state index is 17.6. The van der Waals surface area contributed by atoms with E-state index in [-0.39, 0.29) is 76.3 Å². The lowest BCUT2D eigenvalue weighted by atomic mass is 9.43. The first kappa shape index (κ1) is 49.6. The van der Waals surface area contributed by atoms with Gasteiger partial charge >= 0.3 is 0 Å². The molecule has 2 aromatic carbocycles. The summed E-state index contributed by atoms with van der Waals surface area (Å²) >= 11 is 0. The molecule has 2 N–H and O–H groups in total. The summed E-state index contributed by atoms with van der Waals surface area (Å²) in [7, 11) is 3.45. The summed E-state index contributed by atoms with van der Waals surface area (Å²) in [5.74, 6) is -1.12. The highest BCUT2D eigenvalue weighted by molar-refractivity contribution is 5.95. The first-order valence-corrected chi connectivity index (χ1v) is 26.6. The number of ether oxygens (including phenoxy) is 2. The molecule has 2 heterocycles. The van der Waals surface area contributed by atoms with Crippen molar-refractivity contribution in [3.63, 3.8) is 0 Å². The number of piperidine rings is 2. The predicted octanol–water partition coefficient (Wildman–Crippen LogP) is 11.4. The monoisotopic (exact) mass is 913 g/mol. The Labute approximate surface area is 395 Å². The van der Waals surface area contributed by atoms with Crippen LogP contribution in [-0.4, -0.2) is 71.0 Å². The van der Waals surface area contributed by atoms with E-state index >= 15 is 23.2 Å². The van der Waals surface area contributed by atoms with Gasteiger partial charge in [0.05, 0.1) is 0 Å². The van der Waals surface area contributed by atoms with Crippen molar-refractivity contribution in [1.82, 2.24) is 10.6 Å². The van der Waals surface area contributed by atoms with Gasteiger partial charge in [-0.3, -0.25) is 14.4 Å². The number of nitrogens with one attached hydrogen (secondary N) is 2. The minimum atomic E-state index is -0.944. The molecule has 4 saturated carbocycles. The van der Waals surface area contributed by atoms with Crippen molar-refractivity contribution in [2.24, 2.45) is 58.2 Å². The zero-order valence-electron chi connectivity index (χ0n) is 40.9. The molecule has 0 bridgehead atoms. The third-order valence-corrected chi connectivity index (χ3v) is 19.0. The Kier molecular flexibility index (Phi) is 16.7. The Morgan fingerprint density at radius 2 is 1.00 bits per heavy atom. The molecule has 2 aromatic rings. The maximum Gasteiger partial charge on any atom is 0.145 e. The highest BCUT2D eigenvalue weighted by Crippen LogP contribution is 2.65. The molecule has 7 nitrogen and oxygen atoms in total. The van der Waals surface area contributed by atoms with Crippen molar-refractivity contribution in [3.05, 3.63) is 70.3 Å². The SMILES string of the molecule is COCCC1(C(=O)C2(CCOC)CC(C(=O)C3CCCCC3)C(c3cccc(F)c3C)CC2C2CCCNC2)CC(C(=O)C2CCCCC2)C(c2cccc(F)c2C)CC1C1CCCNC1. The molecular formula is C57H82F2N2O5. The normalized spacial score (nSPS) is 33.9. The molecule has 4 aliphatic carbocycles. The van der Waals surface area contributed by atoms with E-state index in [0.29, 0.717) is 62.9 Å². The highest BCUT2D eigenvalue weighted by atomic mass is 19.1. The molecule has 66 heavy (non-hydrogen) atoms. The van der Waals surface area contributed by atoms with Gasteiger partial charge in [0.15, 0.2) is 0 Å². The van der Waals surface area contributed by atoms with E-state index in [1.807, 2.05) is 26.0 Å². The van der Waals surface area contributed by atoms with Crippen molar-refractivity contribution in [1.29, 1.82) is 0 Å². The van der Waals surface area contributed by atoms with Crippen LogP contribution >= 0.6 is 0 Å². The van der Waals surface area contributed by atoms with E-state index in [0.717, 1.165) is 127 Å². The van der Waals surface area contributed by atoms with E-state index in [9.17, 15) is 0 Å². The van der Waals surface area contributed by atoms with Gasteiger partial charge in [-0.25, -0.2) is 8.78 Å². The van der Waals surface area contributed by atoms with Crippen molar-refractivity contribution in [2.75, 3.05) is 53.6 Å². The second-order valence-electron chi connectivity index (χ2n) is 22.2. The number of hydrogen-bond donors (Lipinski definition) is 2. The lowest BCUT2D eigenvalue weighted by molar-refractivity contribution is -0.168. The van der Waals surface area contributed by atoms with Gasteiger partial charge in [-0.2, -0.15) is 0 Å². The molecule has 0 aromatic heterocycles. The van der Waals surface area contributed by atoms with Crippen LogP contribution in [0.2, 0.25) is 0 Å². The van der Waals surface area contributed by atoms with E-state index < -0.39 is 22.7 Å². The van der Waals surface area contributed by atoms with Gasteiger partial charge in [-0.15, -0.1) is 0 Å². The first-order chi connectivity index (χ1) is 32.0. The van der Waals surface area contributed by atoms with Crippen molar-refractivity contribution in [2.45, 2.75) is 154 Å². The van der Waals surface area contributed by atoms with Gasteiger partial charge in [0.2, 0.25) is 0 Å². The van der Waals surface area contributed by atoms with Crippen molar-refractivity contribution in [3.8, 4) is 0 Å². The summed E-state index contributed by atoms with van der Waals surface area (Å²) in [5.41, 5.74) is 1.15. The number of hydrogen-bond acceptors (Lipinski definition) is 7. The van der Waals surface area contributed by atoms with Gasteiger partial charge in [-0.1, -0.05) is 62.8 Å². The van der Waals surface area contributed by atoms with Gasteiger partial charge in [0.25, 0.3) is 0 Å². The van der Waals surface area contributed by atoms with Crippen LogP contribution in [-0.2, 0) is 23.9 Å². The van der Waals surface area contributed by atoms with E-state index in [2.05, 4.69) is 10.6 Å². The second-order valence-corrected chi connectivity index (χ2v) is 22.2. The fraction of sp³-hybridized carbons (Fsp3) is 0.737. The van der Waals surface area contributed by atoms with Crippen LogP contribution in [0.5, 0.6) is 0 Å². The van der Waals surface area contributed by atoms with Gasteiger partial charge < -0.3 is 20.1 Å². The highest BCUT2D eigenvalue weighted by Gasteiger charge is 2.65. The van der Waals surface area contributed by atoms with Crippen molar-refractivity contribution >= 4 is 17.3 Å². The molecule has 9 heteroatoms. The molecule has 8 rings (SSSR count). The topological polar surface area (TPSA) is 93.7 Å². The summed E-state index contributed by atoms with van der Waals surface area (Å²) in [4.78, 5) is 48.8. The van der Waals surface area contributed by atoms with E-state index in [1.54, 1.807) is 26.4 Å². The molecule has 364 valence electrons. The van der Waals surface area contributed by atoms with Crippen molar-refractivity contribution < 1.29 is 32.6 Å². The summed E-state index contributed by atoms with van der Waals surface area (Å²) in [6.45, 7) is 7.92. The van der Waals surface area contributed by atoms with Crippen LogP contribution in [0.15, 0.2) is 36.4 Å². The van der Waals surface area contributed by atoms with Crippen LogP contribution in [0.25, 0.3) is 0 Å². The Balaban J connectivity index is 1.34. The average molecular weight is 913 g/mol. The van der Waals surface area contributed by atoms with Crippen LogP contribution in [0.3, 0.4) is 0 Å². The largest absolute Gasteiger partial charge is 0.385 e. The predicted molar refractivity (Wildman–Crippen MR) is 257 cm³/mol. The molecule has 0 amide bonds. The fourth-order valence-electron chi connectivity index (χ4n) is 15.5. The zero-order chi connectivity index (χ0) is 46.4. The Hall–Kier alpha value is -2.85. The molecule has 6 aliphatic rings. The molecule has 2 aliphatic heterocycles. The molecule has 2 saturated heterocycles. The maximum atomic E-state index is 17.6. The fourth-order valence-corrected chi connectivity index (χ4v) is 15.5. The minimum absolute atomic E-state index is 0.0748. The smallest absolute Gasteiger partial charge is 0.145 e. The molecule has 0 radical (unpaired) electrons. The summed E-state index contributed by atoms with van der Waals surface area (Å²) in [6.07, 6.45) is 16.8. The lowest BCUT2D eigenvalue weighted by Gasteiger charge is -2.60. The number of carbonyl (C=O) groups is 3. The number of ketones is 3. The van der Waals surface area contributed by atoms with E-state index in [1.165, 1.54) is 12.1 Å². The number of benzene rings is 2. The summed E-state index contributed by atoms with van der Waals surface area (Å²) in [6, 6.07) is 10.8. The average Bonchev–Trinajstić information content (AvgIpc) is 3.36. The van der Waals surface area contributed by atoms with Crippen LogP contribution in [0, 0.1) is 83.7 Å². The minimum Gasteiger partial charge on any atom is -0.385 e. The molecular weight excluding hydrogens is 831 g/mol. The molecule has 10 unspecified atom stereocenters.